The molecule has 0 N–H and O–H groups in total. The third-order valence-electron chi connectivity index (χ3n) is 17.8. The van der Waals surface area contributed by atoms with Gasteiger partial charge in [-0.3, -0.25) is 0 Å². The summed E-state index contributed by atoms with van der Waals surface area (Å²) in [6, 6.07) is 0. The molecule has 356 valence electrons. The van der Waals surface area contributed by atoms with Crippen molar-refractivity contribution in [2.75, 3.05) is 26.9 Å². The Balaban J connectivity index is 0.988. The van der Waals surface area contributed by atoms with Gasteiger partial charge in [0.2, 0.25) is 0 Å². The van der Waals surface area contributed by atoms with E-state index >= 15 is 0 Å². The van der Waals surface area contributed by atoms with Crippen molar-refractivity contribution in [2.45, 2.75) is 246 Å². The van der Waals surface area contributed by atoms with Crippen molar-refractivity contribution >= 4 is 0 Å². The van der Waals surface area contributed by atoms with E-state index < -0.39 is 0 Å². The molecular formula is C59H102O3. The van der Waals surface area contributed by atoms with Gasteiger partial charge in [-0.1, -0.05) is 147 Å². The van der Waals surface area contributed by atoms with Crippen LogP contribution in [-0.2, 0) is 14.2 Å². The number of hydrogen-bond acceptors (Lipinski definition) is 3. The molecule has 0 radical (unpaired) electrons. The molecule has 0 aromatic heterocycles. The highest BCUT2D eigenvalue weighted by Crippen LogP contribution is 2.67. The molecule has 0 aromatic rings. The van der Waals surface area contributed by atoms with Crippen molar-refractivity contribution in [3.05, 3.63) is 47.6 Å². The fraction of sp³-hybridized carbons (Fsp3) is 0.864. The largest absolute Gasteiger partial charge is 0.381 e. The van der Waals surface area contributed by atoms with Crippen molar-refractivity contribution in [1.29, 1.82) is 0 Å². The fourth-order valence-corrected chi connectivity index (χ4v) is 14.0. The molecule has 0 amide bonds. The first-order chi connectivity index (χ1) is 30.2. The van der Waals surface area contributed by atoms with Gasteiger partial charge in [0.25, 0.3) is 0 Å². The van der Waals surface area contributed by atoms with Gasteiger partial charge in [0.1, 0.15) is 0 Å². The molecule has 10 unspecified atom stereocenters. The number of allylic oxidation sites excluding steroid dienone is 7. The minimum absolute atomic E-state index is 0.200. The summed E-state index contributed by atoms with van der Waals surface area (Å²) in [6.07, 6.45) is 54.7. The molecule has 5 aliphatic rings. The minimum atomic E-state index is 0.200. The van der Waals surface area contributed by atoms with Gasteiger partial charge in [0.05, 0.1) is 18.8 Å². The maximum atomic E-state index is 6.71. The quantitative estimate of drug-likeness (QED) is 0.0513. The first-order valence-electron chi connectivity index (χ1n) is 27.6. The summed E-state index contributed by atoms with van der Waals surface area (Å²) in [4.78, 5) is 0. The van der Waals surface area contributed by atoms with E-state index in [1.54, 1.807) is 5.57 Å². The molecule has 0 heterocycles. The highest BCUT2D eigenvalue weighted by atomic mass is 16.5. The number of methoxy groups -OCH3 is 1. The normalized spacial score (nSPS) is 31.0. The van der Waals surface area contributed by atoms with Crippen LogP contribution in [0.3, 0.4) is 0 Å². The van der Waals surface area contributed by atoms with Crippen molar-refractivity contribution in [2.24, 2.45) is 52.3 Å². The number of hydrogen-bond donors (Lipinski definition) is 0. The Morgan fingerprint density at radius 1 is 0.726 bits per heavy atom. The Kier molecular flexibility index (Phi) is 23.5. The van der Waals surface area contributed by atoms with Crippen LogP contribution in [0.25, 0.3) is 0 Å². The second-order valence-corrected chi connectivity index (χ2v) is 22.7. The Morgan fingerprint density at radius 3 is 2.27 bits per heavy atom. The second-order valence-electron chi connectivity index (χ2n) is 22.7. The van der Waals surface area contributed by atoms with Crippen LogP contribution in [-0.4, -0.2) is 39.1 Å². The summed E-state index contributed by atoms with van der Waals surface area (Å²) >= 11 is 0. The predicted octanol–water partition coefficient (Wildman–Crippen LogP) is 17.5. The van der Waals surface area contributed by atoms with E-state index in [0.29, 0.717) is 16.9 Å². The molecule has 0 spiro atoms. The van der Waals surface area contributed by atoms with Crippen LogP contribution >= 0.6 is 0 Å². The van der Waals surface area contributed by atoms with Crippen LogP contribution in [0.2, 0.25) is 0 Å². The summed E-state index contributed by atoms with van der Waals surface area (Å²) in [6.45, 7) is 17.7. The van der Waals surface area contributed by atoms with E-state index in [-0.39, 0.29) is 6.10 Å². The lowest BCUT2D eigenvalue weighted by Crippen LogP contribution is -2.50. The third kappa shape index (κ3) is 16.0. The van der Waals surface area contributed by atoms with Crippen LogP contribution in [0.4, 0.5) is 0 Å². The summed E-state index contributed by atoms with van der Waals surface area (Å²) in [5, 5.41) is 0. The zero-order valence-electron chi connectivity index (χ0n) is 42.2. The van der Waals surface area contributed by atoms with Crippen molar-refractivity contribution in [3.8, 4) is 0 Å². The molecule has 5 aliphatic carbocycles. The predicted molar refractivity (Wildman–Crippen MR) is 268 cm³/mol. The molecule has 5 rings (SSSR count). The van der Waals surface area contributed by atoms with Gasteiger partial charge < -0.3 is 14.2 Å². The maximum Gasteiger partial charge on any atom is 0.0811 e. The van der Waals surface area contributed by atoms with Crippen molar-refractivity contribution < 1.29 is 14.2 Å². The van der Waals surface area contributed by atoms with Gasteiger partial charge >= 0.3 is 0 Å². The fourth-order valence-electron chi connectivity index (χ4n) is 14.0. The highest BCUT2D eigenvalue weighted by Gasteiger charge is 2.59. The average Bonchev–Trinajstić information content (AvgIpc) is 3.63. The standard InChI is InChI=1S/C59H102O3/c1-8-9-10-11-12-13-14-15-16-17-18-19-20-21-22-23-42-61-46-53(34-32-49-29-25-31-52(45-49)60-7)62-43-26-30-50-38-40-58(5)51(44-50)33-35-54-56-37-36-55(48(4)28-24-27-47(2)3)59(56,6)41-39-57(54)58/h12-13,15-16,29,33,47-48,50,52-57H,8-11,14,17-28,30-32,34-46H2,1-7H3. The monoisotopic (exact) mass is 859 g/mol. The number of fused-ring (bicyclic) bond motifs is 5. The van der Waals surface area contributed by atoms with E-state index in [1.807, 2.05) is 12.7 Å². The number of rotatable bonds is 31. The Bertz CT molecular complexity index is 1340. The van der Waals surface area contributed by atoms with E-state index in [0.717, 1.165) is 99.8 Å². The van der Waals surface area contributed by atoms with Crippen LogP contribution in [0.5, 0.6) is 0 Å². The molecule has 3 saturated carbocycles. The van der Waals surface area contributed by atoms with Gasteiger partial charge in [-0.25, -0.2) is 0 Å². The number of ether oxygens (including phenoxy) is 3. The molecule has 3 heteroatoms. The first kappa shape index (κ1) is 51.8. The van der Waals surface area contributed by atoms with Crippen LogP contribution < -0.4 is 0 Å². The Morgan fingerprint density at radius 2 is 1.50 bits per heavy atom. The Hall–Kier alpha value is -1.16. The molecule has 0 aliphatic heterocycles. The lowest BCUT2D eigenvalue weighted by atomic mass is 9.46. The lowest BCUT2D eigenvalue weighted by molar-refractivity contribution is -0.0535. The van der Waals surface area contributed by atoms with E-state index in [1.165, 1.54) is 154 Å². The Labute approximate surface area is 385 Å². The molecule has 3 nitrogen and oxygen atoms in total. The lowest BCUT2D eigenvalue weighted by Gasteiger charge is -2.58. The smallest absolute Gasteiger partial charge is 0.0811 e. The summed E-state index contributed by atoms with van der Waals surface area (Å²) in [5.74, 6) is 6.36. The van der Waals surface area contributed by atoms with E-state index in [4.69, 9.17) is 14.2 Å². The molecule has 0 aromatic carbocycles. The number of unbranched alkanes of at least 4 members (excludes halogenated alkanes) is 9. The van der Waals surface area contributed by atoms with Crippen molar-refractivity contribution in [1.82, 2.24) is 0 Å². The molecule has 0 saturated heterocycles. The van der Waals surface area contributed by atoms with Gasteiger partial charge in [-0.15, -0.1) is 0 Å². The molecule has 3 fully saturated rings. The maximum absolute atomic E-state index is 6.71. The molecule has 62 heavy (non-hydrogen) atoms. The van der Waals surface area contributed by atoms with Gasteiger partial charge in [0, 0.05) is 20.3 Å². The van der Waals surface area contributed by atoms with Gasteiger partial charge in [0.15, 0.2) is 0 Å². The van der Waals surface area contributed by atoms with Gasteiger partial charge in [-0.2, -0.15) is 0 Å². The van der Waals surface area contributed by atoms with Crippen LogP contribution in [0.15, 0.2) is 47.6 Å². The van der Waals surface area contributed by atoms with Crippen LogP contribution in [0.1, 0.15) is 234 Å². The van der Waals surface area contributed by atoms with E-state index in [9.17, 15) is 0 Å². The second kappa shape index (κ2) is 28.1. The van der Waals surface area contributed by atoms with E-state index in [2.05, 4.69) is 78.0 Å². The minimum Gasteiger partial charge on any atom is -0.381 e. The zero-order chi connectivity index (χ0) is 44.0. The molecule has 0 bridgehead atoms. The molecular weight excluding hydrogens is 757 g/mol. The SMILES string of the molecule is CCCCCC=CCC=CCCCCCCCCOCC(CCC1=CCCC(OC)C1)OCCCC1CCC2(C)C(=CCC3C2CCC2(C)C(C(C)CCCC(C)C)CCC32)C1. The summed E-state index contributed by atoms with van der Waals surface area (Å²) in [5.41, 5.74) is 4.47. The van der Waals surface area contributed by atoms with Crippen LogP contribution in [0, 0.1) is 52.3 Å². The molecule has 10 atom stereocenters. The average molecular weight is 859 g/mol. The first-order valence-corrected chi connectivity index (χ1v) is 27.6. The topological polar surface area (TPSA) is 27.7 Å². The summed E-state index contributed by atoms with van der Waals surface area (Å²) in [7, 11) is 1.88. The van der Waals surface area contributed by atoms with Crippen molar-refractivity contribution in [3.63, 3.8) is 0 Å². The zero-order valence-corrected chi connectivity index (χ0v) is 42.2. The summed E-state index contributed by atoms with van der Waals surface area (Å²) < 4.78 is 18.8. The highest BCUT2D eigenvalue weighted by molar-refractivity contribution is 5.25. The van der Waals surface area contributed by atoms with Gasteiger partial charge in [-0.05, 0) is 187 Å². The third-order valence-corrected chi connectivity index (χ3v) is 17.8.